The maximum absolute atomic E-state index is 13.0. The van der Waals surface area contributed by atoms with Gasteiger partial charge in [0.25, 0.3) is 0 Å². The Morgan fingerprint density at radius 2 is 2.14 bits per heavy atom. The first kappa shape index (κ1) is 20.4. The van der Waals surface area contributed by atoms with Crippen LogP contribution in [-0.4, -0.2) is 44.4 Å². The molecule has 1 aromatic carbocycles. The highest BCUT2D eigenvalue weighted by atomic mass is 35.5. The van der Waals surface area contributed by atoms with Crippen LogP contribution in [-0.2, 0) is 29.1 Å². The summed E-state index contributed by atoms with van der Waals surface area (Å²) in [5, 5.41) is 14.4. The average Bonchev–Trinajstić information content (AvgIpc) is 2.94. The number of fused-ring (bicyclic) bond motifs is 3. The summed E-state index contributed by atoms with van der Waals surface area (Å²) in [5.41, 5.74) is 1.73. The number of halogens is 4. The fourth-order valence-corrected chi connectivity index (χ4v) is 4.02. The van der Waals surface area contributed by atoms with Gasteiger partial charge in [0.15, 0.2) is 0 Å². The van der Waals surface area contributed by atoms with E-state index in [1.165, 1.54) is 0 Å². The van der Waals surface area contributed by atoms with Crippen molar-refractivity contribution in [1.29, 1.82) is 0 Å². The molecule has 0 saturated heterocycles. The molecule has 152 valence electrons. The van der Waals surface area contributed by atoms with E-state index in [1.54, 1.807) is 16.9 Å². The van der Waals surface area contributed by atoms with Crippen LogP contribution in [0.4, 0.5) is 13.2 Å². The number of hydrogen-bond acceptors (Lipinski definition) is 3. The van der Waals surface area contributed by atoms with E-state index in [2.05, 4.69) is 5.10 Å². The summed E-state index contributed by atoms with van der Waals surface area (Å²) >= 11 is 6.41. The van der Waals surface area contributed by atoms with E-state index in [9.17, 15) is 22.8 Å². The number of nitrogens with zero attached hydrogens (tertiary/aromatic N) is 3. The summed E-state index contributed by atoms with van der Waals surface area (Å²) in [7, 11) is 0. The number of alkyl halides is 3. The Kier molecular flexibility index (Phi) is 5.56. The van der Waals surface area contributed by atoms with Crippen molar-refractivity contribution < 1.29 is 27.9 Å². The molecule has 0 saturated carbocycles. The predicted octanol–water partition coefficient (Wildman–Crippen LogP) is 3.64. The number of aryl methyl sites for hydroxylation is 1. The van der Waals surface area contributed by atoms with Gasteiger partial charge in [0.1, 0.15) is 6.54 Å². The second-order valence-corrected chi connectivity index (χ2v) is 7.34. The van der Waals surface area contributed by atoms with Crippen molar-refractivity contribution in [2.75, 3.05) is 6.54 Å². The fourth-order valence-electron chi connectivity index (χ4n) is 3.69. The predicted molar refractivity (Wildman–Crippen MR) is 96.0 cm³/mol. The van der Waals surface area contributed by atoms with Gasteiger partial charge in [0, 0.05) is 18.5 Å². The zero-order valence-corrected chi connectivity index (χ0v) is 15.8. The lowest BCUT2D eigenvalue weighted by atomic mass is 9.93. The van der Waals surface area contributed by atoms with Gasteiger partial charge in [-0.05, 0) is 30.0 Å². The standard InChI is InChI=1S/C18H19ClF3N3O3/c1-2-3-25-16-12(7-23-25)13-8-24(9-18(20,21)22)17(28)11(6-15(26)27)4-10(13)5-14(16)19/h5,7,11H,2-4,6,8-9H2,1H3,(H,26,27). The number of amides is 1. The van der Waals surface area contributed by atoms with Crippen molar-refractivity contribution in [3.63, 3.8) is 0 Å². The van der Waals surface area contributed by atoms with Crippen LogP contribution < -0.4 is 0 Å². The Bertz CT molecular complexity index is 926. The molecule has 10 heteroatoms. The highest BCUT2D eigenvalue weighted by Crippen LogP contribution is 2.36. The third-order valence-electron chi connectivity index (χ3n) is 4.78. The van der Waals surface area contributed by atoms with Gasteiger partial charge in [-0.15, -0.1) is 0 Å². The highest BCUT2D eigenvalue weighted by molar-refractivity contribution is 6.35. The topological polar surface area (TPSA) is 75.4 Å². The number of benzene rings is 1. The van der Waals surface area contributed by atoms with E-state index in [1.807, 2.05) is 6.92 Å². The summed E-state index contributed by atoms with van der Waals surface area (Å²) in [6.07, 6.45) is -2.78. The molecule has 1 aliphatic heterocycles. The summed E-state index contributed by atoms with van der Waals surface area (Å²) in [5.74, 6) is -3.14. The number of aliphatic carboxylic acids is 1. The lowest BCUT2D eigenvalue weighted by molar-refractivity contribution is -0.165. The van der Waals surface area contributed by atoms with Crippen LogP contribution in [0.5, 0.6) is 0 Å². The van der Waals surface area contributed by atoms with Crippen LogP contribution in [0.1, 0.15) is 30.9 Å². The van der Waals surface area contributed by atoms with Crippen LogP contribution in [0.15, 0.2) is 12.3 Å². The van der Waals surface area contributed by atoms with Crippen molar-refractivity contribution in [3.05, 3.63) is 28.4 Å². The van der Waals surface area contributed by atoms with Crippen molar-refractivity contribution >= 4 is 34.4 Å². The normalized spacial score (nSPS) is 17.7. The quantitative estimate of drug-likeness (QED) is 0.806. The molecule has 2 aromatic rings. The van der Waals surface area contributed by atoms with Gasteiger partial charge in [-0.1, -0.05) is 18.5 Å². The Balaban J connectivity index is 2.14. The SMILES string of the molecule is CCCn1ncc2c3c(cc(Cl)c21)CC(CC(=O)O)C(=O)N(CC(F)(F)F)C3. The number of carboxylic acids is 1. The maximum Gasteiger partial charge on any atom is 0.406 e. The van der Waals surface area contributed by atoms with E-state index in [-0.39, 0.29) is 13.0 Å². The average molecular weight is 418 g/mol. The van der Waals surface area contributed by atoms with Gasteiger partial charge in [-0.25, -0.2) is 0 Å². The summed E-state index contributed by atoms with van der Waals surface area (Å²) < 4.78 is 40.8. The van der Waals surface area contributed by atoms with Crippen molar-refractivity contribution in [3.8, 4) is 0 Å². The number of hydrogen-bond donors (Lipinski definition) is 1. The monoisotopic (exact) mass is 417 g/mol. The lowest BCUT2D eigenvalue weighted by Gasteiger charge is -2.25. The number of aromatic nitrogens is 2. The van der Waals surface area contributed by atoms with Gasteiger partial charge in [0.05, 0.1) is 29.1 Å². The van der Waals surface area contributed by atoms with Crippen LogP contribution in [0.3, 0.4) is 0 Å². The van der Waals surface area contributed by atoms with Crippen LogP contribution in [0.25, 0.3) is 10.9 Å². The first-order valence-corrected chi connectivity index (χ1v) is 9.21. The molecular formula is C18H19ClF3N3O3. The number of carbonyl (C=O) groups excluding carboxylic acids is 1. The van der Waals surface area contributed by atoms with Crippen molar-refractivity contribution in [1.82, 2.24) is 14.7 Å². The van der Waals surface area contributed by atoms with Gasteiger partial charge >= 0.3 is 12.1 Å². The molecule has 1 atom stereocenters. The summed E-state index contributed by atoms with van der Waals surface area (Å²) in [6.45, 7) is 0.851. The smallest absolute Gasteiger partial charge is 0.406 e. The highest BCUT2D eigenvalue weighted by Gasteiger charge is 2.39. The summed E-state index contributed by atoms with van der Waals surface area (Å²) in [4.78, 5) is 24.5. The minimum absolute atomic E-state index is 0.0173. The molecule has 0 aliphatic carbocycles. The minimum Gasteiger partial charge on any atom is -0.481 e. The van der Waals surface area contributed by atoms with Gasteiger partial charge in [-0.2, -0.15) is 18.3 Å². The number of carbonyl (C=O) groups is 2. The molecule has 1 amide bonds. The van der Waals surface area contributed by atoms with Gasteiger partial charge in [-0.3, -0.25) is 14.3 Å². The Morgan fingerprint density at radius 1 is 1.43 bits per heavy atom. The second kappa shape index (κ2) is 7.62. The molecule has 1 unspecified atom stereocenters. The Labute approximate surface area is 163 Å². The molecule has 0 radical (unpaired) electrons. The molecule has 1 N–H and O–H groups in total. The lowest BCUT2D eigenvalue weighted by Crippen LogP contribution is -2.41. The largest absolute Gasteiger partial charge is 0.481 e. The molecule has 28 heavy (non-hydrogen) atoms. The molecule has 2 heterocycles. The van der Waals surface area contributed by atoms with Crippen LogP contribution in [0, 0.1) is 5.92 Å². The molecular weight excluding hydrogens is 399 g/mol. The molecule has 1 aromatic heterocycles. The molecule has 3 rings (SSSR count). The summed E-state index contributed by atoms with van der Waals surface area (Å²) in [6, 6.07) is 1.62. The first-order chi connectivity index (χ1) is 13.1. The maximum atomic E-state index is 13.0. The number of carboxylic acid groups (broad SMARTS) is 1. The Morgan fingerprint density at radius 3 is 2.75 bits per heavy atom. The van der Waals surface area contributed by atoms with Gasteiger partial charge < -0.3 is 10.0 Å². The van der Waals surface area contributed by atoms with Crippen molar-refractivity contribution in [2.24, 2.45) is 5.92 Å². The first-order valence-electron chi connectivity index (χ1n) is 8.83. The molecule has 0 spiro atoms. The van der Waals surface area contributed by atoms with E-state index in [0.717, 1.165) is 6.42 Å². The molecule has 0 bridgehead atoms. The van der Waals surface area contributed by atoms with E-state index in [0.29, 0.717) is 38.5 Å². The number of rotatable bonds is 5. The van der Waals surface area contributed by atoms with Crippen molar-refractivity contribution in [2.45, 2.75) is 45.5 Å². The zero-order chi connectivity index (χ0) is 20.6. The molecule has 0 fully saturated rings. The third kappa shape index (κ3) is 4.09. The minimum atomic E-state index is -4.59. The van der Waals surface area contributed by atoms with E-state index < -0.39 is 36.9 Å². The Hall–Kier alpha value is -2.29. The molecule has 1 aliphatic rings. The van der Waals surface area contributed by atoms with Crippen LogP contribution in [0.2, 0.25) is 5.02 Å². The van der Waals surface area contributed by atoms with E-state index in [4.69, 9.17) is 16.7 Å². The van der Waals surface area contributed by atoms with E-state index >= 15 is 0 Å². The fraction of sp³-hybridized carbons (Fsp3) is 0.500. The molecule has 6 nitrogen and oxygen atoms in total. The third-order valence-corrected chi connectivity index (χ3v) is 5.07. The zero-order valence-electron chi connectivity index (χ0n) is 15.1. The van der Waals surface area contributed by atoms with Crippen LogP contribution >= 0.6 is 11.6 Å². The van der Waals surface area contributed by atoms with Gasteiger partial charge in [0.2, 0.25) is 5.91 Å². The second-order valence-electron chi connectivity index (χ2n) is 6.93.